The van der Waals surface area contributed by atoms with E-state index in [9.17, 15) is 0 Å². The molecule has 4 atom stereocenters. The average Bonchev–Trinajstić information content (AvgIpc) is 3.20. The van der Waals surface area contributed by atoms with E-state index in [1.807, 2.05) is 11.8 Å². The Bertz CT molecular complexity index is 2750. The van der Waals surface area contributed by atoms with Gasteiger partial charge in [-0.2, -0.15) is 0 Å². The maximum Gasteiger partial charge on any atom is 0.249 e. The Morgan fingerprint density at radius 1 is 0.483 bits per heavy atom. The molecule has 7 aromatic carbocycles. The molecule has 2 aliphatic carbocycles. The van der Waals surface area contributed by atoms with Gasteiger partial charge >= 0.3 is 0 Å². The fourth-order valence-electron chi connectivity index (χ4n) is 11.0. The van der Waals surface area contributed by atoms with Gasteiger partial charge in [-0.05, 0) is 139 Å². The molecular weight excluding hydrogens is 717 g/mol. The molecule has 4 unspecified atom stereocenters. The van der Waals surface area contributed by atoms with Gasteiger partial charge in [-0.1, -0.05) is 174 Å². The van der Waals surface area contributed by atoms with Crippen molar-refractivity contribution in [2.45, 2.75) is 92.8 Å². The zero-order chi connectivity index (χ0) is 39.7. The lowest BCUT2D eigenvalue weighted by Crippen LogP contribution is -2.60. The highest BCUT2D eigenvalue weighted by Crippen LogP contribution is 2.70. The summed E-state index contributed by atoms with van der Waals surface area (Å²) in [5.41, 5.74) is 21.0. The van der Waals surface area contributed by atoms with Crippen molar-refractivity contribution in [1.29, 1.82) is 0 Å². The monoisotopic (exact) mass is 767 g/mol. The lowest BCUT2D eigenvalue weighted by Gasteiger charge is -2.57. The van der Waals surface area contributed by atoms with E-state index in [1.165, 1.54) is 93.3 Å². The summed E-state index contributed by atoms with van der Waals surface area (Å²) in [5, 5.41) is 0. The zero-order valence-electron chi connectivity index (χ0n) is 34.7. The Morgan fingerprint density at radius 3 is 1.74 bits per heavy atom. The third-order valence-electron chi connectivity index (χ3n) is 13.8. The van der Waals surface area contributed by atoms with Gasteiger partial charge in [0.15, 0.2) is 0 Å². The van der Waals surface area contributed by atoms with Crippen LogP contribution in [-0.2, 0) is 10.8 Å². The maximum atomic E-state index is 2.66. The molecule has 1 saturated carbocycles. The molecule has 0 N–H and O–H groups in total. The Balaban J connectivity index is 1.21. The predicted molar refractivity (Wildman–Crippen MR) is 248 cm³/mol. The molecule has 1 nitrogen and oxygen atoms in total. The topological polar surface area (TPSA) is 3.24 Å². The second kappa shape index (κ2) is 12.9. The van der Waals surface area contributed by atoms with Gasteiger partial charge in [0.05, 0.1) is 0 Å². The number of rotatable bonds is 3. The molecular formula is C55H50BNS. The molecule has 0 bridgehead atoms. The molecule has 4 aliphatic rings. The van der Waals surface area contributed by atoms with Gasteiger partial charge in [0.1, 0.15) is 0 Å². The first-order valence-electron chi connectivity index (χ1n) is 21.2. The van der Waals surface area contributed by atoms with E-state index < -0.39 is 0 Å². The first-order chi connectivity index (χ1) is 28.0. The van der Waals surface area contributed by atoms with Gasteiger partial charge in [0.25, 0.3) is 0 Å². The smallest absolute Gasteiger partial charge is 0.249 e. The molecule has 1 fully saturated rings. The van der Waals surface area contributed by atoms with Crippen molar-refractivity contribution in [3.05, 3.63) is 191 Å². The second-order valence-electron chi connectivity index (χ2n) is 19.4. The molecule has 7 aromatic rings. The number of anilines is 3. The number of hydrogen-bond donors (Lipinski definition) is 0. The SMILES string of the molecule is Cc1cc2c3c(c1)N(c1ccc(C(C)(C)C)cc1)c1cc4c(cc1B3c1cc(C(C)(C)C)ccc1S2)-c1ccccc1C1C(c2ccccc2)C(c2ccccc2)C41. The molecule has 2 aliphatic heterocycles. The minimum atomic E-state index is 0.0458. The average molecular weight is 768 g/mol. The van der Waals surface area contributed by atoms with Crippen LogP contribution in [0.2, 0.25) is 0 Å². The maximum absolute atomic E-state index is 2.66. The van der Waals surface area contributed by atoms with E-state index in [0.29, 0.717) is 23.7 Å². The highest BCUT2D eigenvalue weighted by molar-refractivity contribution is 8.00. The molecule has 58 heavy (non-hydrogen) atoms. The van der Waals surface area contributed by atoms with Crippen LogP contribution in [0.5, 0.6) is 0 Å². The van der Waals surface area contributed by atoms with E-state index in [1.54, 1.807) is 0 Å². The lowest BCUT2D eigenvalue weighted by atomic mass is 9.34. The van der Waals surface area contributed by atoms with Crippen molar-refractivity contribution in [2.24, 2.45) is 0 Å². The summed E-state index contributed by atoms with van der Waals surface area (Å²) in [5.74, 6) is 1.50. The molecule has 284 valence electrons. The summed E-state index contributed by atoms with van der Waals surface area (Å²) in [6.07, 6.45) is 0. The number of nitrogens with zero attached hydrogens (tertiary/aromatic N) is 1. The first-order valence-corrected chi connectivity index (χ1v) is 22.0. The summed E-state index contributed by atoms with van der Waals surface area (Å²) >= 11 is 1.96. The van der Waals surface area contributed by atoms with Crippen molar-refractivity contribution in [1.82, 2.24) is 0 Å². The van der Waals surface area contributed by atoms with E-state index in [2.05, 4.69) is 205 Å². The molecule has 0 saturated heterocycles. The number of fused-ring (bicyclic) bond motifs is 10. The van der Waals surface area contributed by atoms with Crippen molar-refractivity contribution in [3.8, 4) is 11.1 Å². The Labute approximate surface area is 349 Å². The van der Waals surface area contributed by atoms with Crippen molar-refractivity contribution >= 4 is 51.9 Å². The fourth-order valence-corrected chi connectivity index (χ4v) is 12.3. The second-order valence-corrected chi connectivity index (χ2v) is 20.5. The molecule has 0 amide bonds. The van der Waals surface area contributed by atoms with E-state index in [4.69, 9.17) is 0 Å². The third-order valence-corrected chi connectivity index (χ3v) is 15.0. The van der Waals surface area contributed by atoms with Crippen LogP contribution in [0.3, 0.4) is 0 Å². The van der Waals surface area contributed by atoms with E-state index in [-0.39, 0.29) is 17.5 Å². The Kier molecular flexibility index (Phi) is 7.97. The largest absolute Gasteiger partial charge is 0.311 e. The third kappa shape index (κ3) is 5.38. The van der Waals surface area contributed by atoms with Crippen LogP contribution in [0, 0.1) is 6.92 Å². The van der Waals surface area contributed by atoms with Crippen LogP contribution < -0.4 is 21.3 Å². The van der Waals surface area contributed by atoms with Crippen LogP contribution in [-0.4, -0.2) is 6.71 Å². The molecule has 2 heterocycles. The van der Waals surface area contributed by atoms with Crippen molar-refractivity contribution < 1.29 is 0 Å². The van der Waals surface area contributed by atoms with Gasteiger partial charge in [-0.3, -0.25) is 0 Å². The minimum Gasteiger partial charge on any atom is -0.311 e. The fraction of sp³-hybridized carbons (Fsp3) is 0.236. The van der Waals surface area contributed by atoms with Gasteiger partial charge < -0.3 is 4.90 Å². The van der Waals surface area contributed by atoms with Gasteiger partial charge in [-0.25, -0.2) is 0 Å². The van der Waals surface area contributed by atoms with Crippen LogP contribution >= 0.6 is 11.8 Å². The highest BCUT2D eigenvalue weighted by Gasteiger charge is 2.56. The predicted octanol–water partition coefficient (Wildman–Crippen LogP) is 12.8. The van der Waals surface area contributed by atoms with Crippen LogP contribution in [0.15, 0.2) is 161 Å². The highest BCUT2D eigenvalue weighted by atomic mass is 32.2. The van der Waals surface area contributed by atoms with E-state index >= 15 is 0 Å². The summed E-state index contributed by atoms with van der Waals surface area (Å²) in [4.78, 5) is 5.39. The molecule has 11 rings (SSSR count). The number of aryl methyl sites for hydroxylation is 1. The first kappa shape index (κ1) is 35.9. The summed E-state index contributed by atoms with van der Waals surface area (Å²) in [7, 11) is 0. The van der Waals surface area contributed by atoms with Crippen molar-refractivity contribution in [3.63, 3.8) is 0 Å². The van der Waals surface area contributed by atoms with Crippen LogP contribution in [0.4, 0.5) is 17.1 Å². The van der Waals surface area contributed by atoms with Gasteiger partial charge in [0, 0.05) is 26.9 Å². The number of hydrogen-bond acceptors (Lipinski definition) is 2. The Hall–Kier alpha value is -5.25. The number of benzene rings is 7. The van der Waals surface area contributed by atoms with E-state index in [0.717, 1.165) is 0 Å². The molecule has 0 spiro atoms. The quantitative estimate of drug-likeness (QED) is 0.165. The van der Waals surface area contributed by atoms with Gasteiger partial charge in [0.2, 0.25) is 6.71 Å². The summed E-state index contributed by atoms with van der Waals surface area (Å²) in [6, 6.07) is 59.1. The zero-order valence-corrected chi connectivity index (χ0v) is 35.5. The molecule has 0 radical (unpaired) electrons. The summed E-state index contributed by atoms with van der Waals surface area (Å²) in [6.45, 7) is 16.4. The lowest BCUT2D eigenvalue weighted by molar-refractivity contribution is 0.226. The van der Waals surface area contributed by atoms with Crippen LogP contribution in [0.1, 0.15) is 104 Å². The van der Waals surface area contributed by atoms with Crippen molar-refractivity contribution in [2.75, 3.05) is 4.90 Å². The van der Waals surface area contributed by atoms with Crippen LogP contribution in [0.25, 0.3) is 11.1 Å². The molecule has 0 aromatic heterocycles. The summed E-state index contributed by atoms with van der Waals surface area (Å²) < 4.78 is 0. The Morgan fingerprint density at radius 2 is 1.09 bits per heavy atom. The molecule has 3 heteroatoms. The minimum absolute atomic E-state index is 0.0458. The normalized spacial score (nSPS) is 19.8. The van der Waals surface area contributed by atoms with Gasteiger partial charge in [-0.15, -0.1) is 0 Å². The standard InChI is InChI=1S/C55H50BNS/c1-33-28-46-53-48(29-33)58-47-27-24-37(55(5,6)7)30-44(47)56(53)43-31-41-39-20-14-15-21-40(39)51-49(34-16-10-8-11-17-34)50(35-18-12-9-13-19-35)52(51)42(41)32-45(43)57(46)38-25-22-36(23-26-38)54(2,3)4/h8-32,49-52H,1-7H3.